The third-order valence-corrected chi connectivity index (χ3v) is 12.2. The molecule has 238 valence electrons. The van der Waals surface area contributed by atoms with Crippen LogP contribution in [0.25, 0.3) is 0 Å². The molecule has 13 heteroatoms. The van der Waals surface area contributed by atoms with Crippen LogP contribution >= 0.6 is 34.5 Å². The van der Waals surface area contributed by atoms with Gasteiger partial charge < -0.3 is 29.8 Å². The van der Waals surface area contributed by atoms with Crippen molar-refractivity contribution >= 4 is 58.6 Å². The van der Waals surface area contributed by atoms with E-state index in [1.54, 1.807) is 29.5 Å². The van der Waals surface area contributed by atoms with E-state index in [2.05, 4.69) is 27.1 Å². The molecule has 3 fully saturated rings. The Hall–Kier alpha value is -2.25. The summed E-state index contributed by atoms with van der Waals surface area (Å²) in [5, 5.41) is 19.3. The van der Waals surface area contributed by atoms with E-state index in [0.717, 1.165) is 55.9 Å². The minimum atomic E-state index is -1.22. The van der Waals surface area contributed by atoms with Crippen LogP contribution in [0.2, 0.25) is 10.0 Å². The van der Waals surface area contributed by atoms with E-state index in [9.17, 15) is 19.5 Å². The number of rotatable bonds is 7. The molecule has 3 atom stereocenters. The van der Waals surface area contributed by atoms with Crippen LogP contribution in [0.4, 0.5) is 15.3 Å². The molecule has 1 N–H and O–H groups in total. The Morgan fingerprint density at radius 2 is 1.84 bits per heavy atom. The highest BCUT2D eigenvalue weighted by Gasteiger charge is 2.61. The van der Waals surface area contributed by atoms with E-state index < -0.39 is 16.2 Å². The second-order valence-corrected chi connectivity index (χ2v) is 14.6. The molecule has 3 saturated heterocycles. The fraction of sp³-hybridized carbons (Fsp3) is 0.581. The Balaban J connectivity index is 1.35. The molecule has 10 nitrogen and oxygen atoms in total. The Kier molecular flexibility index (Phi) is 9.27. The summed E-state index contributed by atoms with van der Waals surface area (Å²) in [6.45, 7) is 6.21. The highest BCUT2D eigenvalue weighted by Crippen LogP contribution is 2.46. The van der Waals surface area contributed by atoms with Gasteiger partial charge in [-0.25, -0.2) is 4.79 Å². The molecule has 0 saturated carbocycles. The highest BCUT2D eigenvalue weighted by atomic mass is 35.5. The van der Waals surface area contributed by atoms with Gasteiger partial charge in [0.2, 0.25) is 0 Å². The van der Waals surface area contributed by atoms with Crippen molar-refractivity contribution in [2.45, 2.75) is 62.9 Å². The smallest absolute Gasteiger partial charge is 0.322 e. The van der Waals surface area contributed by atoms with Crippen molar-refractivity contribution in [3.63, 3.8) is 0 Å². The molecule has 0 radical (unpaired) electrons. The quantitative estimate of drug-likeness (QED) is 0.354. The van der Waals surface area contributed by atoms with Crippen molar-refractivity contribution in [1.29, 1.82) is 0 Å². The van der Waals surface area contributed by atoms with E-state index >= 15 is 0 Å². The summed E-state index contributed by atoms with van der Waals surface area (Å²) in [5.41, 5.74) is 0.430. The number of thiophene rings is 1. The maximum atomic E-state index is 13.5. The van der Waals surface area contributed by atoms with Crippen molar-refractivity contribution in [2.75, 3.05) is 58.2 Å². The molecule has 0 bridgehead atoms. The van der Waals surface area contributed by atoms with Crippen LogP contribution in [0.3, 0.4) is 0 Å². The zero-order valence-corrected chi connectivity index (χ0v) is 27.4. The van der Waals surface area contributed by atoms with Crippen LogP contribution in [0.15, 0.2) is 29.6 Å². The number of amides is 3. The Morgan fingerprint density at radius 1 is 1.09 bits per heavy atom. The minimum absolute atomic E-state index is 0.0116. The fourth-order valence-corrected chi connectivity index (χ4v) is 9.19. The number of likely N-dealkylation sites (N-methyl/N-ethyl adjacent to an activating group) is 1. The minimum Gasteiger partial charge on any atom is -0.498 e. The molecular weight excluding hydrogens is 623 g/mol. The van der Waals surface area contributed by atoms with Crippen LogP contribution in [0.1, 0.15) is 42.5 Å². The van der Waals surface area contributed by atoms with E-state index in [4.69, 9.17) is 23.2 Å². The van der Waals surface area contributed by atoms with Gasteiger partial charge in [0.1, 0.15) is 12.8 Å². The largest absolute Gasteiger partial charge is 0.498 e. The number of hydrogen-bond acceptors (Lipinski definition) is 8. The number of aldehydes is 1. The summed E-state index contributed by atoms with van der Waals surface area (Å²) in [6.07, 6.45) is 2.22. The third kappa shape index (κ3) is 5.77. The number of nitrogens with zero attached hydrogens (tertiary/aromatic N) is 5. The predicted molar refractivity (Wildman–Crippen MR) is 170 cm³/mol. The number of piperidine rings is 2. The summed E-state index contributed by atoms with van der Waals surface area (Å²) in [5.74, 6) is 0. The molecule has 2 aromatic rings. The summed E-state index contributed by atoms with van der Waals surface area (Å²) in [7, 11) is 2.15. The molecule has 44 heavy (non-hydrogen) atoms. The zero-order valence-electron chi connectivity index (χ0n) is 25.1. The van der Waals surface area contributed by atoms with Gasteiger partial charge in [-0.05, 0) is 43.5 Å². The molecule has 5 heterocycles. The van der Waals surface area contributed by atoms with Gasteiger partial charge in [0.15, 0.2) is 5.66 Å². The van der Waals surface area contributed by atoms with Gasteiger partial charge in [-0.1, -0.05) is 29.3 Å². The number of quaternary nitrogens is 1. The lowest BCUT2D eigenvalue weighted by atomic mass is 9.81. The second-order valence-electron chi connectivity index (χ2n) is 12.7. The number of carbonyl (C=O) groups is 3. The number of benzene rings is 1. The van der Waals surface area contributed by atoms with E-state index in [1.165, 1.54) is 0 Å². The lowest BCUT2D eigenvalue weighted by molar-refractivity contribution is -0.956. The number of piperazine rings is 1. The number of carbonyl (C=O) groups excluding carboxylic acids is 3. The van der Waals surface area contributed by atoms with Gasteiger partial charge in [0.05, 0.1) is 35.2 Å². The van der Waals surface area contributed by atoms with Crippen LogP contribution in [0, 0.1) is 0 Å². The van der Waals surface area contributed by atoms with Crippen molar-refractivity contribution in [1.82, 2.24) is 19.6 Å². The summed E-state index contributed by atoms with van der Waals surface area (Å²) < 4.78 is -0.431. The van der Waals surface area contributed by atoms with Gasteiger partial charge in [0, 0.05) is 74.6 Å². The highest BCUT2D eigenvalue weighted by molar-refractivity contribution is 7.10. The number of urea groups is 1. The first-order valence-corrected chi connectivity index (χ1v) is 17.1. The van der Waals surface area contributed by atoms with Gasteiger partial charge in [-0.2, -0.15) is 0 Å². The van der Waals surface area contributed by atoms with Gasteiger partial charge in [0.25, 0.3) is 6.09 Å². The van der Waals surface area contributed by atoms with E-state index in [1.807, 2.05) is 16.3 Å². The average Bonchev–Trinajstić information content (AvgIpc) is 3.47. The summed E-state index contributed by atoms with van der Waals surface area (Å²) in [6, 6.07) is 7.07. The standard InChI is InChI=1S/C31H40Cl2N6O4S/c1-35-11-13-36(14-12-35)23-4-9-37(10-5-23)31(8-16-40)19-24(38-20-28-27(7-17-44-28)34-29(38)41)6-15-39(31,30(42)43)21-22-2-3-25(32)26(33)18-22/h2-3,7,16-18,23-24H,4-6,8-15,19-21H2,1H3,(H-,34,41,42,43)/t24?,31?,39-/m0/s1. The molecule has 1 aromatic heterocycles. The molecule has 2 unspecified atom stereocenters. The number of carboxylic acid groups (broad SMARTS) is 1. The lowest BCUT2D eigenvalue weighted by Crippen LogP contribution is -2.80. The van der Waals surface area contributed by atoms with Crippen molar-refractivity contribution in [3.05, 3.63) is 50.1 Å². The molecule has 4 aliphatic heterocycles. The molecule has 0 aliphatic carbocycles. The third-order valence-electron chi connectivity index (χ3n) is 10.5. The van der Waals surface area contributed by atoms with Crippen LogP contribution in [0.5, 0.6) is 0 Å². The molecule has 0 spiro atoms. The first-order valence-electron chi connectivity index (χ1n) is 15.4. The number of likely N-dealkylation sites (tertiary alicyclic amines) is 2. The maximum absolute atomic E-state index is 13.5. The Bertz CT molecular complexity index is 1390. The van der Waals surface area contributed by atoms with Crippen LogP contribution in [-0.2, 0) is 17.9 Å². The topological polar surface area (TPSA) is 99.3 Å². The first kappa shape index (κ1) is 31.7. The van der Waals surface area contributed by atoms with Gasteiger partial charge >= 0.3 is 6.03 Å². The van der Waals surface area contributed by atoms with Crippen LogP contribution in [-0.4, -0.2) is 113 Å². The van der Waals surface area contributed by atoms with E-state index in [-0.39, 0.29) is 31.6 Å². The monoisotopic (exact) mass is 662 g/mol. The molecule has 6 rings (SSSR count). The average molecular weight is 664 g/mol. The normalized spacial score (nSPS) is 29.3. The number of halogens is 2. The number of anilines is 1. The first-order chi connectivity index (χ1) is 21.2. The molecule has 3 amide bonds. The lowest BCUT2D eigenvalue weighted by Gasteiger charge is -2.62. The summed E-state index contributed by atoms with van der Waals surface area (Å²) >= 11 is 14.2. The molecular formula is C31H40Cl2N6O4S. The molecule has 4 aliphatic rings. The van der Waals surface area contributed by atoms with Gasteiger partial charge in [-0.15, -0.1) is 11.3 Å². The van der Waals surface area contributed by atoms with E-state index in [0.29, 0.717) is 54.1 Å². The number of fused-ring (bicyclic) bond motifs is 1. The van der Waals surface area contributed by atoms with Crippen molar-refractivity contribution in [3.8, 4) is 0 Å². The number of nitrogens with one attached hydrogen (secondary N) is 1. The second kappa shape index (κ2) is 12.9. The fourth-order valence-electron chi connectivity index (χ4n) is 8.04. The number of hydrogen-bond donors (Lipinski definition) is 1. The Morgan fingerprint density at radius 3 is 2.52 bits per heavy atom. The predicted octanol–water partition coefficient (Wildman–Crippen LogP) is 3.92. The van der Waals surface area contributed by atoms with Gasteiger partial charge in [-0.3, -0.25) is 14.3 Å². The van der Waals surface area contributed by atoms with Crippen LogP contribution < -0.4 is 10.4 Å². The Labute approximate surface area is 272 Å². The van der Waals surface area contributed by atoms with Crippen molar-refractivity contribution in [2.24, 2.45) is 0 Å². The molecule has 1 aromatic carbocycles. The summed E-state index contributed by atoms with van der Waals surface area (Å²) in [4.78, 5) is 49.6. The zero-order chi connectivity index (χ0) is 31.1. The van der Waals surface area contributed by atoms with Crippen molar-refractivity contribution < 1.29 is 24.0 Å². The maximum Gasteiger partial charge on any atom is 0.322 e. The SMILES string of the molecule is CN1CCN(C2CCN(C3(CC=O)CC(N4Cc5sccc5NC4=O)CC[N@+]3(Cc3ccc(Cl)c(Cl)c3)C(=O)[O-])CC2)CC1.